The topological polar surface area (TPSA) is 19.7 Å². The Balaban J connectivity index is 0.844. The number of rotatable bonds is 8. The highest BCUT2D eigenvalue weighted by Gasteiger charge is 2.42. The molecule has 0 saturated heterocycles. The molecule has 0 unspecified atom stereocenters. The van der Waals surface area contributed by atoms with Crippen LogP contribution in [-0.2, 0) is 0 Å². The van der Waals surface area contributed by atoms with Crippen molar-refractivity contribution in [3.63, 3.8) is 0 Å². The highest BCUT2D eigenvalue weighted by molar-refractivity contribution is 7.20. The summed E-state index contributed by atoms with van der Waals surface area (Å²) in [7, 11) is -3.27. The molecule has 0 amide bonds. The molecule has 0 aliphatic heterocycles. The van der Waals surface area contributed by atoms with Crippen LogP contribution in [-0.4, -0.2) is 26.3 Å². The molecule has 0 fully saturated rings. The highest BCUT2D eigenvalue weighted by Crippen LogP contribution is 2.43. The van der Waals surface area contributed by atoms with E-state index < -0.39 is 8.07 Å². The standard InChI is InChI=1S/C80H48N4Si/c1-9-49-25-26-50-10-2-18-66-74(50)73(49)65(17-1)81(66)57-33-41-61(42-34-57)85(62-43-35-58(36-44-62)82-67-19-3-11-51-27-28-52-12-4-20-68(82)76(52)75(51)67,63-45-37-59(38-46-63)83-69-21-5-13-53-29-30-54-14-6-22-70(83)78(54)77(53)69)64-47-39-60(40-48-64)84-71-23-7-15-55-31-32-56-16-8-24-72(84)80(56)79(55)71/h1-48H. The first-order valence-electron chi connectivity index (χ1n) is 29.6. The van der Waals surface area contributed by atoms with Crippen molar-refractivity contribution in [2.75, 3.05) is 0 Å². The van der Waals surface area contributed by atoms with Gasteiger partial charge in [-0.15, -0.1) is 0 Å². The second kappa shape index (κ2) is 16.6. The van der Waals surface area contributed by atoms with Gasteiger partial charge in [-0.25, -0.2) is 0 Å². The van der Waals surface area contributed by atoms with Gasteiger partial charge in [-0.3, -0.25) is 0 Å². The predicted molar refractivity (Wildman–Crippen MR) is 362 cm³/mol. The van der Waals surface area contributed by atoms with E-state index in [0.717, 1.165) is 22.7 Å². The summed E-state index contributed by atoms with van der Waals surface area (Å²) >= 11 is 0. The molecule has 0 spiro atoms. The lowest BCUT2D eigenvalue weighted by Crippen LogP contribution is -2.74. The molecule has 5 heteroatoms. The Bertz CT molecular complexity index is 5030. The summed E-state index contributed by atoms with van der Waals surface area (Å²) in [6.45, 7) is 0. The fourth-order valence-corrected chi connectivity index (χ4v) is 20.7. The summed E-state index contributed by atoms with van der Waals surface area (Å²) in [5.41, 5.74) is 14.4. The lowest BCUT2D eigenvalue weighted by Gasteiger charge is -2.35. The van der Waals surface area contributed by atoms with Crippen LogP contribution in [0.15, 0.2) is 291 Å². The van der Waals surface area contributed by atoms with Crippen LogP contribution in [0.1, 0.15) is 0 Å². The number of hydrogen-bond acceptors (Lipinski definition) is 0. The Morgan fingerprint density at radius 1 is 0.153 bits per heavy atom. The Labute approximate surface area is 488 Å². The smallest absolute Gasteiger partial charge is 0.179 e. The third-order valence-electron chi connectivity index (χ3n) is 19.5. The van der Waals surface area contributed by atoms with Crippen LogP contribution in [0.5, 0.6) is 0 Å². The van der Waals surface area contributed by atoms with Crippen LogP contribution < -0.4 is 20.7 Å². The molecule has 20 rings (SSSR count). The van der Waals surface area contributed by atoms with E-state index in [4.69, 9.17) is 0 Å². The van der Waals surface area contributed by atoms with Gasteiger partial charge in [-0.2, -0.15) is 0 Å². The molecular formula is C80H48N4Si. The van der Waals surface area contributed by atoms with Crippen molar-refractivity contribution in [3.05, 3.63) is 291 Å². The second-order valence-electron chi connectivity index (χ2n) is 23.5. The third kappa shape index (κ3) is 5.94. The van der Waals surface area contributed by atoms with E-state index in [1.807, 2.05) is 0 Å². The first-order chi connectivity index (χ1) is 42.2. The largest absolute Gasteiger partial charge is 0.309 e. The zero-order valence-electron chi connectivity index (χ0n) is 46.0. The molecule has 0 saturated carbocycles. The third-order valence-corrected chi connectivity index (χ3v) is 24.3. The van der Waals surface area contributed by atoms with Crippen LogP contribution in [0, 0.1) is 0 Å². The van der Waals surface area contributed by atoms with E-state index in [1.54, 1.807) is 0 Å². The normalized spacial score (nSPS) is 12.7. The number of benzene rings is 16. The van der Waals surface area contributed by atoms with Gasteiger partial charge in [0.2, 0.25) is 0 Å². The molecule has 0 aliphatic rings. The van der Waals surface area contributed by atoms with Crippen molar-refractivity contribution in [1.82, 2.24) is 18.3 Å². The highest BCUT2D eigenvalue weighted by atomic mass is 28.3. The molecule has 16 aromatic carbocycles. The van der Waals surface area contributed by atoms with E-state index in [-0.39, 0.29) is 0 Å². The maximum absolute atomic E-state index is 3.27. The van der Waals surface area contributed by atoms with E-state index >= 15 is 0 Å². The average Bonchev–Trinajstić information content (AvgIpc) is 2.88. The van der Waals surface area contributed by atoms with Crippen LogP contribution in [0.4, 0.5) is 0 Å². The van der Waals surface area contributed by atoms with Gasteiger partial charge < -0.3 is 18.3 Å². The predicted octanol–water partition coefficient (Wildman–Crippen LogP) is 17.8. The van der Waals surface area contributed by atoms with E-state index in [1.165, 1.54) is 151 Å². The lowest BCUT2D eigenvalue weighted by atomic mass is 10.0. The Hall–Kier alpha value is -11.0. The Morgan fingerprint density at radius 2 is 0.306 bits per heavy atom. The van der Waals surface area contributed by atoms with Crippen molar-refractivity contribution in [3.8, 4) is 22.7 Å². The molecule has 20 aromatic rings. The van der Waals surface area contributed by atoms with Gasteiger partial charge in [-0.1, -0.05) is 194 Å². The van der Waals surface area contributed by atoms with E-state index in [0.29, 0.717) is 0 Å². The minimum atomic E-state index is -3.27. The van der Waals surface area contributed by atoms with Crippen LogP contribution >= 0.6 is 0 Å². The molecule has 4 nitrogen and oxygen atoms in total. The molecule has 392 valence electrons. The van der Waals surface area contributed by atoms with Crippen LogP contribution in [0.2, 0.25) is 0 Å². The molecule has 0 aliphatic carbocycles. The van der Waals surface area contributed by atoms with Gasteiger partial charge in [0.05, 0.1) is 44.1 Å². The van der Waals surface area contributed by atoms with E-state index in [2.05, 4.69) is 309 Å². The van der Waals surface area contributed by atoms with Gasteiger partial charge in [0.15, 0.2) is 8.07 Å². The van der Waals surface area contributed by atoms with Crippen molar-refractivity contribution in [2.24, 2.45) is 0 Å². The maximum Gasteiger partial charge on any atom is 0.179 e. The molecule has 0 N–H and O–H groups in total. The second-order valence-corrected chi connectivity index (χ2v) is 27.4. The molecule has 0 bridgehead atoms. The zero-order chi connectivity index (χ0) is 55.2. The van der Waals surface area contributed by atoms with Gasteiger partial charge in [0.25, 0.3) is 0 Å². The van der Waals surface area contributed by atoms with Crippen molar-refractivity contribution in [2.45, 2.75) is 0 Å². The van der Waals surface area contributed by atoms with Crippen molar-refractivity contribution < 1.29 is 0 Å². The van der Waals surface area contributed by atoms with Crippen molar-refractivity contribution >= 4 is 159 Å². The summed E-state index contributed by atoms with van der Waals surface area (Å²) in [5.74, 6) is 0. The lowest BCUT2D eigenvalue weighted by molar-refractivity contribution is 1.18. The molecule has 85 heavy (non-hydrogen) atoms. The number of aromatic nitrogens is 4. The fraction of sp³-hybridized carbons (Fsp3) is 0. The molecule has 0 atom stereocenters. The quantitative estimate of drug-likeness (QED) is 0.0821. The summed E-state index contributed by atoms with van der Waals surface area (Å²) in [4.78, 5) is 0. The number of hydrogen-bond donors (Lipinski definition) is 0. The minimum absolute atomic E-state index is 1.15. The summed E-state index contributed by atoms with van der Waals surface area (Å²) in [6, 6.07) is 111. The van der Waals surface area contributed by atoms with Gasteiger partial charge in [0, 0.05) is 65.8 Å². The Morgan fingerprint density at radius 3 is 0.459 bits per heavy atom. The summed E-state index contributed by atoms with van der Waals surface area (Å²) in [5, 5.41) is 25.9. The first-order valence-corrected chi connectivity index (χ1v) is 31.6. The molecule has 4 aromatic heterocycles. The van der Waals surface area contributed by atoms with Crippen LogP contribution in [0.3, 0.4) is 0 Å². The summed E-state index contributed by atoms with van der Waals surface area (Å²) in [6.07, 6.45) is 0. The van der Waals surface area contributed by atoms with Gasteiger partial charge >= 0.3 is 0 Å². The van der Waals surface area contributed by atoms with E-state index in [9.17, 15) is 0 Å². The molecule has 4 heterocycles. The van der Waals surface area contributed by atoms with Gasteiger partial charge in [-0.05, 0) is 161 Å². The SMILES string of the molecule is c1cc2ccc3cccc4c3c2c(c1)n4-c1ccc([Si](c2ccc(-n3c4cccc5ccc6cccc3c6c54)cc2)(c2ccc(-n3c4cccc5ccc6cccc3c6c54)cc2)c2ccc(-n3c4cccc5ccc6cccc3c6c54)cc2)cc1. The number of nitrogens with zero attached hydrogens (tertiary/aromatic N) is 4. The first kappa shape index (κ1) is 45.6. The van der Waals surface area contributed by atoms with Crippen LogP contribution in [0.25, 0.3) is 153 Å². The average molecular weight is 1090 g/mol. The fourth-order valence-electron chi connectivity index (χ4n) is 16.0. The van der Waals surface area contributed by atoms with Crippen molar-refractivity contribution in [1.29, 1.82) is 0 Å². The zero-order valence-corrected chi connectivity index (χ0v) is 47.0. The molecule has 0 radical (unpaired) electrons. The maximum atomic E-state index is 2.48. The monoisotopic (exact) mass is 1090 g/mol. The minimum Gasteiger partial charge on any atom is -0.309 e. The van der Waals surface area contributed by atoms with Gasteiger partial charge in [0.1, 0.15) is 0 Å². The molecular weight excluding hydrogens is 1040 g/mol. The summed E-state index contributed by atoms with van der Waals surface area (Å²) < 4.78 is 9.93. The Kier molecular flexibility index (Phi) is 8.91.